The van der Waals surface area contributed by atoms with E-state index in [1.165, 1.54) is 5.56 Å². The zero-order valence-electron chi connectivity index (χ0n) is 11.1. The van der Waals surface area contributed by atoms with Crippen molar-refractivity contribution >= 4 is 10.0 Å². The first-order valence-corrected chi connectivity index (χ1v) is 8.30. The van der Waals surface area contributed by atoms with E-state index >= 15 is 0 Å². The number of hydrogen-bond donors (Lipinski definition) is 1. The van der Waals surface area contributed by atoms with E-state index in [0.29, 0.717) is 6.54 Å². The maximum Gasteiger partial charge on any atom is 0.211 e. The lowest BCUT2D eigenvalue weighted by molar-refractivity contribution is 0.573. The smallest absolute Gasteiger partial charge is 0.211 e. The van der Waals surface area contributed by atoms with Crippen LogP contribution in [-0.4, -0.2) is 20.7 Å². The summed E-state index contributed by atoms with van der Waals surface area (Å²) in [6.45, 7) is 2.55. The molecular weight excluding hydrogens is 246 g/mol. The molecule has 0 saturated carbocycles. The van der Waals surface area contributed by atoms with E-state index in [0.717, 1.165) is 32.1 Å². The van der Waals surface area contributed by atoms with E-state index < -0.39 is 10.0 Å². The van der Waals surface area contributed by atoms with Crippen LogP contribution in [0.5, 0.6) is 0 Å². The molecule has 4 heteroatoms. The number of nitrogens with one attached hydrogen (secondary N) is 1. The van der Waals surface area contributed by atoms with Crippen molar-refractivity contribution in [1.29, 1.82) is 0 Å². The van der Waals surface area contributed by atoms with Gasteiger partial charge in [-0.1, -0.05) is 43.7 Å². The van der Waals surface area contributed by atoms with Crippen LogP contribution in [0.1, 0.15) is 38.2 Å². The summed E-state index contributed by atoms with van der Waals surface area (Å²) < 4.78 is 25.7. The Labute approximate surface area is 111 Å². The van der Waals surface area contributed by atoms with E-state index in [-0.39, 0.29) is 5.75 Å². The average Bonchev–Trinajstić information content (AvgIpc) is 2.37. The van der Waals surface area contributed by atoms with E-state index in [1.54, 1.807) is 0 Å². The lowest BCUT2D eigenvalue weighted by Gasteiger charge is -2.06. The molecule has 1 aromatic carbocycles. The number of unbranched alkanes of at least 4 members (excludes halogenated alkanes) is 2. The van der Waals surface area contributed by atoms with E-state index in [9.17, 15) is 8.42 Å². The van der Waals surface area contributed by atoms with Gasteiger partial charge in [0.25, 0.3) is 0 Å². The van der Waals surface area contributed by atoms with E-state index in [1.807, 2.05) is 25.1 Å². The summed E-state index contributed by atoms with van der Waals surface area (Å²) in [5, 5.41) is 0. The maximum atomic E-state index is 11.5. The van der Waals surface area contributed by atoms with Gasteiger partial charge in [0.2, 0.25) is 10.0 Å². The van der Waals surface area contributed by atoms with Crippen molar-refractivity contribution in [3.8, 4) is 0 Å². The Bertz CT molecular complexity index is 415. The molecular formula is C14H23NO2S. The van der Waals surface area contributed by atoms with Crippen molar-refractivity contribution in [3.63, 3.8) is 0 Å². The van der Waals surface area contributed by atoms with Gasteiger partial charge in [0, 0.05) is 6.54 Å². The highest BCUT2D eigenvalue weighted by molar-refractivity contribution is 7.89. The molecule has 0 unspecified atom stereocenters. The van der Waals surface area contributed by atoms with Crippen LogP contribution in [0.4, 0.5) is 0 Å². The number of sulfonamides is 1. The first-order chi connectivity index (χ1) is 8.64. The summed E-state index contributed by atoms with van der Waals surface area (Å²) in [5.41, 5.74) is 1.31. The minimum absolute atomic E-state index is 0.252. The molecule has 1 N–H and O–H groups in total. The number of aryl methyl sites for hydroxylation is 1. The Kier molecular flexibility index (Phi) is 6.98. The first-order valence-electron chi connectivity index (χ1n) is 6.65. The Hall–Kier alpha value is -0.870. The van der Waals surface area contributed by atoms with Crippen LogP contribution in [0.2, 0.25) is 0 Å². The van der Waals surface area contributed by atoms with Crippen molar-refractivity contribution in [2.75, 3.05) is 12.3 Å². The lowest BCUT2D eigenvalue weighted by atomic mass is 10.1. The van der Waals surface area contributed by atoms with Gasteiger partial charge in [-0.25, -0.2) is 13.1 Å². The van der Waals surface area contributed by atoms with Gasteiger partial charge < -0.3 is 0 Å². The van der Waals surface area contributed by atoms with Gasteiger partial charge >= 0.3 is 0 Å². The fourth-order valence-corrected chi connectivity index (χ4v) is 3.00. The van der Waals surface area contributed by atoms with Crippen molar-refractivity contribution in [1.82, 2.24) is 4.72 Å². The van der Waals surface area contributed by atoms with Gasteiger partial charge in [0.1, 0.15) is 0 Å². The van der Waals surface area contributed by atoms with Crippen molar-refractivity contribution in [2.45, 2.75) is 39.0 Å². The van der Waals surface area contributed by atoms with Gasteiger partial charge in [0.05, 0.1) is 5.75 Å². The summed E-state index contributed by atoms with van der Waals surface area (Å²) in [4.78, 5) is 0. The topological polar surface area (TPSA) is 46.2 Å². The SMILES string of the molecule is CCCCS(=O)(=O)NCCCCc1ccccc1. The number of hydrogen-bond acceptors (Lipinski definition) is 2. The molecule has 0 aliphatic heterocycles. The second-order valence-corrected chi connectivity index (χ2v) is 6.44. The Morgan fingerprint density at radius 2 is 1.78 bits per heavy atom. The van der Waals surface area contributed by atoms with Gasteiger partial charge in [-0.15, -0.1) is 0 Å². The molecule has 0 bridgehead atoms. The van der Waals surface area contributed by atoms with E-state index in [4.69, 9.17) is 0 Å². The van der Waals surface area contributed by atoms with Gasteiger partial charge in [-0.05, 0) is 31.2 Å². The summed E-state index contributed by atoms with van der Waals surface area (Å²) in [6.07, 6.45) is 4.56. The molecule has 0 saturated heterocycles. The highest BCUT2D eigenvalue weighted by Crippen LogP contribution is 2.04. The fraction of sp³-hybridized carbons (Fsp3) is 0.571. The molecule has 0 radical (unpaired) electrons. The quantitative estimate of drug-likeness (QED) is 0.701. The Morgan fingerprint density at radius 1 is 1.06 bits per heavy atom. The number of benzene rings is 1. The first kappa shape index (κ1) is 15.2. The lowest BCUT2D eigenvalue weighted by Crippen LogP contribution is -2.27. The molecule has 1 aromatic rings. The predicted molar refractivity (Wildman–Crippen MR) is 76.1 cm³/mol. The maximum absolute atomic E-state index is 11.5. The average molecular weight is 269 g/mol. The molecule has 0 heterocycles. The molecule has 18 heavy (non-hydrogen) atoms. The molecule has 102 valence electrons. The normalized spacial score (nSPS) is 11.6. The third-order valence-electron chi connectivity index (χ3n) is 2.82. The van der Waals surface area contributed by atoms with Crippen LogP contribution in [0.25, 0.3) is 0 Å². The van der Waals surface area contributed by atoms with Crippen LogP contribution in [0.3, 0.4) is 0 Å². The van der Waals surface area contributed by atoms with Crippen LogP contribution in [0.15, 0.2) is 30.3 Å². The highest BCUT2D eigenvalue weighted by Gasteiger charge is 2.07. The Balaban J connectivity index is 2.12. The zero-order chi connectivity index (χ0) is 13.3. The van der Waals surface area contributed by atoms with Crippen LogP contribution in [-0.2, 0) is 16.4 Å². The van der Waals surface area contributed by atoms with Crippen molar-refractivity contribution < 1.29 is 8.42 Å². The molecule has 0 aliphatic rings. The summed E-state index contributed by atoms with van der Waals surface area (Å²) in [6, 6.07) is 10.3. The molecule has 0 atom stereocenters. The van der Waals surface area contributed by atoms with Crippen LogP contribution >= 0.6 is 0 Å². The van der Waals surface area contributed by atoms with Crippen molar-refractivity contribution in [2.24, 2.45) is 0 Å². The van der Waals surface area contributed by atoms with E-state index in [2.05, 4.69) is 16.9 Å². The molecule has 3 nitrogen and oxygen atoms in total. The van der Waals surface area contributed by atoms with Gasteiger partial charge in [0.15, 0.2) is 0 Å². The Morgan fingerprint density at radius 3 is 2.44 bits per heavy atom. The van der Waals surface area contributed by atoms with Crippen LogP contribution < -0.4 is 4.72 Å². The second-order valence-electron chi connectivity index (χ2n) is 4.51. The molecule has 0 aliphatic carbocycles. The van der Waals surface area contributed by atoms with Crippen molar-refractivity contribution in [3.05, 3.63) is 35.9 Å². The third-order valence-corrected chi connectivity index (χ3v) is 4.29. The monoisotopic (exact) mass is 269 g/mol. The number of rotatable bonds is 9. The minimum Gasteiger partial charge on any atom is -0.215 e. The second kappa shape index (κ2) is 8.27. The van der Waals surface area contributed by atoms with Gasteiger partial charge in [-0.3, -0.25) is 0 Å². The predicted octanol–water partition coefficient (Wildman–Crippen LogP) is 2.73. The molecule has 0 spiro atoms. The summed E-state index contributed by atoms with van der Waals surface area (Å²) >= 11 is 0. The third kappa shape index (κ3) is 6.77. The minimum atomic E-state index is -3.04. The summed E-state index contributed by atoms with van der Waals surface area (Å²) in [5.74, 6) is 0.252. The molecule has 0 aromatic heterocycles. The zero-order valence-corrected chi connectivity index (χ0v) is 11.9. The standard InChI is InChI=1S/C14H23NO2S/c1-2-3-13-18(16,17)15-12-8-7-11-14-9-5-4-6-10-14/h4-6,9-10,15H,2-3,7-8,11-13H2,1H3. The molecule has 1 rings (SSSR count). The highest BCUT2D eigenvalue weighted by atomic mass is 32.2. The molecule has 0 amide bonds. The fourth-order valence-electron chi connectivity index (χ4n) is 1.73. The largest absolute Gasteiger partial charge is 0.215 e. The summed E-state index contributed by atoms with van der Waals surface area (Å²) in [7, 11) is -3.04. The van der Waals surface area contributed by atoms with Crippen LogP contribution in [0, 0.1) is 0 Å². The molecule has 0 fully saturated rings. The van der Waals surface area contributed by atoms with Gasteiger partial charge in [-0.2, -0.15) is 0 Å².